The molecule has 0 saturated carbocycles. The van der Waals surface area contributed by atoms with Gasteiger partial charge < -0.3 is 24.2 Å². The van der Waals surface area contributed by atoms with E-state index in [4.69, 9.17) is 19.3 Å². The molecule has 0 heterocycles. The highest BCUT2D eigenvalue weighted by atomic mass is 16.5. The maximum Gasteiger partial charge on any atom is 0.323 e. The summed E-state index contributed by atoms with van der Waals surface area (Å²) >= 11 is 0. The zero-order valence-electron chi connectivity index (χ0n) is 13.0. The first-order valence-electron chi connectivity index (χ1n) is 6.86. The van der Waals surface area contributed by atoms with E-state index in [1.807, 2.05) is 0 Å². The molecule has 0 aliphatic heterocycles. The molecule has 0 amide bonds. The number of hydrogen-bond donors (Lipinski definition) is 1. The minimum absolute atomic E-state index is 0.0936. The molecule has 7 nitrogen and oxygen atoms in total. The summed E-state index contributed by atoms with van der Waals surface area (Å²) in [4.78, 5) is 24.1. The summed E-state index contributed by atoms with van der Waals surface area (Å²) in [6.07, 6.45) is 0.0936. The molecule has 1 N–H and O–H groups in total. The highest BCUT2D eigenvalue weighted by Gasteiger charge is 2.17. The summed E-state index contributed by atoms with van der Waals surface area (Å²) in [6.45, 7) is 1.99. The summed E-state index contributed by atoms with van der Waals surface area (Å²) in [6, 6.07) is 5.07. The van der Waals surface area contributed by atoms with Gasteiger partial charge in [0.2, 0.25) is 0 Å². The number of hydrogen-bond acceptors (Lipinski definition) is 6. The fraction of sp³-hybridized carbons (Fsp3) is 0.467. The van der Waals surface area contributed by atoms with E-state index in [-0.39, 0.29) is 25.5 Å². The first kappa shape index (κ1) is 17.6. The molecule has 0 aliphatic carbocycles. The molecule has 1 aromatic rings. The van der Waals surface area contributed by atoms with Crippen LogP contribution in [0.3, 0.4) is 0 Å². The van der Waals surface area contributed by atoms with Gasteiger partial charge in [-0.25, -0.2) is 0 Å². The summed E-state index contributed by atoms with van der Waals surface area (Å²) in [7, 11) is 3.02. The van der Waals surface area contributed by atoms with E-state index in [2.05, 4.69) is 0 Å². The number of ether oxygens (including phenoxy) is 3. The van der Waals surface area contributed by atoms with Gasteiger partial charge in [-0.2, -0.15) is 0 Å². The number of carbonyl (C=O) groups excluding carboxylic acids is 1. The number of carbonyl (C=O) groups is 2. The molecule has 1 aromatic carbocycles. The fourth-order valence-electron chi connectivity index (χ4n) is 1.95. The van der Waals surface area contributed by atoms with Crippen molar-refractivity contribution in [2.75, 3.05) is 38.8 Å². The molecule has 0 aromatic heterocycles. The van der Waals surface area contributed by atoms with Crippen molar-refractivity contribution in [3.8, 4) is 11.5 Å². The van der Waals surface area contributed by atoms with Crippen LogP contribution in [0.2, 0.25) is 0 Å². The average molecular weight is 311 g/mol. The number of esters is 1. The molecule has 7 heteroatoms. The van der Waals surface area contributed by atoms with Gasteiger partial charge in [-0.1, -0.05) is 0 Å². The second-order valence-electron chi connectivity index (χ2n) is 4.41. The van der Waals surface area contributed by atoms with E-state index < -0.39 is 5.97 Å². The molecule has 0 aliphatic rings. The summed E-state index contributed by atoms with van der Waals surface area (Å²) in [5, 5.41) is 9.05. The smallest absolute Gasteiger partial charge is 0.323 e. The lowest BCUT2D eigenvalue weighted by molar-refractivity contribution is -0.143. The van der Waals surface area contributed by atoms with Crippen molar-refractivity contribution < 1.29 is 28.9 Å². The van der Waals surface area contributed by atoms with Gasteiger partial charge in [-0.15, -0.1) is 0 Å². The molecule has 0 radical (unpaired) electrons. The summed E-state index contributed by atoms with van der Waals surface area (Å²) in [5.74, 6) is -0.294. The third-order valence-corrected chi connectivity index (χ3v) is 2.94. The Morgan fingerprint density at radius 2 is 1.95 bits per heavy atom. The number of anilines is 1. The molecule has 0 unspecified atom stereocenters. The van der Waals surface area contributed by atoms with Crippen molar-refractivity contribution >= 4 is 17.6 Å². The van der Waals surface area contributed by atoms with Gasteiger partial charge in [0, 0.05) is 12.6 Å². The molecule has 0 atom stereocenters. The number of carboxylic acid groups (broad SMARTS) is 1. The minimum atomic E-state index is -0.998. The maximum atomic E-state index is 11.5. The number of aliphatic carboxylic acids is 1. The van der Waals surface area contributed by atoms with Crippen LogP contribution in [-0.2, 0) is 14.3 Å². The molecule has 122 valence electrons. The quantitative estimate of drug-likeness (QED) is 0.692. The van der Waals surface area contributed by atoms with E-state index in [1.54, 1.807) is 30.0 Å². The zero-order chi connectivity index (χ0) is 16.5. The van der Waals surface area contributed by atoms with Crippen LogP contribution in [0.1, 0.15) is 13.3 Å². The number of carboxylic acids is 1. The van der Waals surface area contributed by atoms with Crippen LogP contribution in [-0.4, -0.2) is 51.0 Å². The summed E-state index contributed by atoms with van der Waals surface area (Å²) in [5.41, 5.74) is 0.579. The second kappa shape index (κ2) is 8.76. The Morgan fingerprint density at radius 1 is 1.23 bits per heavy atom. The van der Waals surface area contributed by atoms with Crippen LogP contribution in [0.15, 0.2) is 18.2 Å². The molecule has 0 bridgehead atoms. The third kappa shape index (κ3) is 5.16. The lowest BCUT2D eigenvalue weighted by Crippen LogP contribution is -2.32. The van der Waals surface area contributed by atoms with Gasteiger partial charge in [-0.05, 0) is 19.1 Å². The highest BCUT2D eigenvalue weighted by Crippen LogP contribution is 2.32. The van der Waals surface area contributed by atoms with Gasteiger partial charge in [0.05, 0.1) is 32.9 Å². The van der Waals surface area contributed by atoms with Crippen molar-refractivity contribution in [1.29, 1.82) is 0 Å². The third-order valence-electron chi connectivity index (χ3n) is 2.94. The van der Waals surface area contributed by atoms with Gasteiger partial charge in [0.15, 0.2) is 0 Å². The van der Waals surface area contributed by atoms with E-state index in [0.29, 0.717) is 23.8 Å². The maximum absolute atomic E-state index is 11.5. The van der Waals surface area contributed by atoms with Gasteiger partial charge in [0.25, 0.3) is 0 Å². The molecule has 0 fully saturated rings. The fourth-order valence-corrected chi connectivity index (χ4v) is 1.95. The Labute approximate surface area is 129 Å². The predicted molar refractivity (Wildman–Crippen MR) is 80.6 cm³/mol. The van der Waals surface area contributed by atoms with Gasteiger partial charge >= 0.3 is 11.9 Å². The normalized spacial score (nSPS) is 9.95. The van der Waals surface area contributed by atoms with E-state index >= 15 is 0 Å². The average Bonchev–Trinajstić information content (AvgIpc) is 2.50. The Morgan fingerprint density at radius 3 is 2.50 bits per heavy atom. The predicted octanol–water partition coefficient (Wildman–Crippen LogP) is 1.55. The van der Waals surface area contributed by atoms with Gasteiger partial charge in [0.1, 0.15) is 18.0 Å². The van der Waals surface area contributed by atoms with Crippen LogP contribution >= 0.6 is 0 Å². The Kier molecular flexibility index (Phi) is 7.01. The van der Waals surface area contributed by atoms with Crippen LogP contribution in [0.25, 0.3) is 0 Å². The van der Waals surface area contributed by atoms with Gasteiger partial charge in [-0.3, -0.25) is 9.59 Å². The summed E-state index contributed by atoms with van der Waals surface area (Å²) < 4.78 is 15.2. The van der Waals surface area contributed by atoms with Crippen molar-refractivity contribution in [1.82, 2.24) is 0 Å². The molecule has 0 saturated heterocycles. The van der Waals surface area contributed by atoms with Crippen molar-refractivity contribution in [2.24, 2.45) is 0 Å². The lowest BCUT2D eigenvalue weighted by atomic mass is 10.2. The van der Waals surface area contributed by atoms with Crippen LogP contribution in [0.4, 0.5) is 5.69 Å². The van der Waals surface area contributed by atoms with Crippen LogP contribution in [0, 0.1) is 0 Å². The Bertz CT molecular complexity index is 517. The van der Waals surface area contributed by atoms with Crippen molar-refractivity contribution in [3.63, 3.8) is 0 Å². The van der Waals surface area contributed by atoms with Crippen molar-refractivity contribution in [3.05, 3.63) is 18.2 Å². The van der Waals surface area contributed by atoms with E-state index in [0.717, 1.165) is 0 Å². The Hall–Kier alpha value is -2.44. The Balaban J connectivity index is 2.95. The lowest BCUT2D eigenvalue weighted by Gasteiger charge is -2.24. The largest absolute Gasteiger partial charge is 0.497 e. The highest BCUT2D eigenvalue weighted by molar-refractivity contribution is 5.76. The SMILES string of the molecule is CCOC(=O)CCN(CC(=O)O)c1ccc(OC)cc1OC. The standard InChI is InChI=1S/C15H21NO6/c1-4-22-15(19)7-8-16(10-14(17)18)12-6-5-11(20-2)9-13(12)21-3/h5-6,9H,4,7-8,10H2,1-3H3,(H,17,18). The number of nitrogens with zero attached hydrogens (tertiary/aromatic N) is 1. The topological polar surface area (TPSA) is 85.3 Å². The number of rotatable bonds is 9. The monoisotopic (exact) mass is 311 g/mol. The van der Waals surface area contributed by atoms with E-state index in [1.165, 1.54) is 14.2 Å². The molecule has 1 rings (SSSR count). The molecule has 0 spiro atoms. The second-order valence-corrected chi connectivity index (χ2v) is 4.41. The van der Waals surface area contributed by atoms with Crippen molar-refractivity contribution in [2.45, 2.75) is 13.3 Å². The molecule has 22 heavy (non-hydrogen) atoms. The first-order valence-corrected chi connectivity index (χ1v) is 6.86. The number of methoxy groups -OCH3 is 2. The first-order chi connectivity index (χ1) is 10.5. The number of benzene rings is 1. The zero-order valence-corrected chi connectivity index (χ0v) is 13.0. The van der Waals surface area contributed by atoms with E-state index in [9.17, 15) is 9.59 Å². The molecular formula is C15H21NO6. The minimum Gasteiger partial charge on any atom is -0.497 e. The molecular weight excluding hydrogens is 290 g/mol. The van der Waals surface area contributed by atoms with Crippen LogP contribution in [0.5, 0.6) is 11.5 Å². The van der Waals surface area contributed by atoms with Crippen LogP contribution < -0.4 is 14.4 Å².